The molecule has 0 atom stereocenters. The van der Waals surface area contributed by atoms with Crippen LogP contribution in [0.25, 0.3) is 10.2 Å². The number of carbonyl (C=O) groups is 1. The highest BCUT2D eigenvalue weighted by molar-refractivity contribution is 7.20. The summed E-state index contributed by atoms with van der Waals surface area (Å²) in [6.45, 7) is 0. The lowest BCUT2D eigenvalue weighted by molar-refractivity contribution is 0.112. The van der Waals surface area contributed by atoms with Gasteiger partial charge in [-0.2, -0.15) is 0 Å². The molecular weight excluding hydrogens is 236 g/mol. The molecule has 1 fully saturated rings. The average molecular weight is 248 g/mol. The minimum atomic E-state index is -0.124. The van der Waals surface area contributed by atoms with E-state index in [2.05, 4.69) is 9.97 Å². The van der Waals surface area contributed by atoms with Gasteiger partial charge in [0.25, 0.3) is 5.56 Å². The quantitative estimate of drug-likeness (QED) is 0.830. The summed E-state index contributed by atoms with van der Waals surface area (Å²) in [6.07, 6.45) is 5.37. The summed E-state index contributed by atoms with van der Waals surface area (Å²) < 4.78 is 0. The Morgan fingerprint density at radius 3 is 2.88 bits per heavy atom. The fourth-order valence-electron chi connectivity index (χ4n) is 2.42. The van der Waals surface area contributed by atoms with E-state index in [1.54, 1.807) is 6.07 Å². The predicted octanol–water partition coefficient (Wildman–Crippen LogP) is 2.45. The zero-order valence-electron chi connectivity index (χ0n) is 9.23. The van der Waals surface area contributed by atoms with Gasteiger partial charge in [-0.25, -0.2) is 4.98 Å². The van der Waals surface area contributed by atoms with Gasteiger partial charge in [0.1, 0.15) is 10.7 Å². The molecule has 0 unspecified atom stereocenters. The van der Waals surface area contributed by atoms with E-state index >= 15 is 0 Å². The fraction of sp³-hybridized carbons (Fsp3) is 0.417. The van der Waals surface area contributed by atoms with E-state index in [0.717, 1.165) is 25.0 Å². The fourth-order valence-corrected chi connectivity index (χ4v) is 3.27. The molecule has 0 spiro atoms. The number of aldehydes is 1. The minimum absolute atomic E-state index is 0.124. The van der Waals surface area contributed by atoms with E-state index in [1.807, 2.05) is 0 Å². The Morgan fingerprint density at radius 1 is 1.41 bits per heavy atom. The molecule has 0 saturated heterocycles. The van der Waals surface area contributed by atoms with Crippen LogP contribution in [0, 0.1) is 0 Å². The van der Waals surface area contributed by atoms with Crippen molar-refractivity contribution in [3.05, 3.63) is 27.1 Å². The summed E-state index contributed by atoms with van der Waals surface area (Å²) in [5, 5.41) is 0.527. The molecule has 2 aromatic heterocycles. The van der Waals surface area contributed by atoms with E-state index in [9.17, 15) is 9.59 Å². The van der Waals surface area contributed by atoms with Crippen LogP contribution in [0.5, 0.6) is 0 Å². The Morgan fingerprint density at radius 2 is 2.18 bits per heavy atom. The van der Waals surface area contributed by atoms with Crippen molar-refractivity contribution in [1.82, 2.24) is 9.97 Å². The predicted molar refractivity (Wildman–Crippen MR) is 66.8 cm³/mol. The van der Waals surface area contributed by atoms with E-state index in [0.29, 0.717) is 21.0 Å². The highest BCUT2D eigenvalue weighted by Gasteiger charge is 2.20. The van der Waals surface area contributed by atoms with E-state index < -0.39 is 0 Å². The third-order valence-corrected chi connectivity index (χ3v) is 4.25. The lowest BCUT2D eigenvalue weighted by atomic mass is 10.1. The first kappa shape index (κ1) is 10.7. The monoisotopic (exact) mass is 248 g/mol. The summed E-state index contributed by atoms with van der Waals surface area (Å²) in [6, 6.07) is 1.61. The van der Waals surface area contributed by atoms with E-state index in [-0.39, 0.29) is 5.56 Å². The lowest BCUT2D eigenvalue weighted by Gasteiger charge is -2.06. The molecule has 1 N–H and O–H groups in total. The lowest BCUT2D eigenvalue weighted by Crippen LogP contribution is -2.12. The van der Waals surface area contributed by atoms with Gasteiger partial charge < -0.3 is 4.98 Å². The molecule has 3 rings (SSSR count). The molecule has 4 nitrogen and oxygen atoms in total. The van der Waals surface area contributed by atoms with Crippen molar-refractivity contribution in [3.8, 4) is 0 Å². The van der Waals surface area contributed by atoms with Crippen molar-refractivity contribution >= 4 is 27.8 Å². The molecule has 2 heterocycles. The second-order valence-electron chi connectivity index (χ2n) is 4.42. The minimum Gasteiger partial charge on any atom is -0.310 e. The molecule has 0 bridgehead atoms. The first-order chi connectivity index (χ1) is 8.28. The molecule has 0 aromatic carbocycles. The third kappa shape index (κ3) is 1.80. The number of aromatic nitrogens is 2. The van der Waals surface area contributed by atoms with Crippen molar-refractivity contribution in [1.29, 1.82) is 0 Å². The second kappa shape index (κ2) is 4.07. The Labute approximate surface area is 102 Å². The molecule has 17 heavy (non-hydrogen) atoms. The normalized spacial score (nSPS) is 16.7. The smallest absolute Gasteiger partial charge is 0.259 e. The number of nitrogens with zero attached hydrogens (tertiary/aromatic N) is 1. The van der Waals surface area contributed by atoms with Crippen LogP contribution in [0.4, 0.5) is 0 Å². The number of thiophene rings is 1. The Kier molecular flexibility index (Phi) is 2.55. The second-order valence-corrected chi connectivity index (χ2v) is 5.48. The first-order valence-electron chi connectivity index (χ1n) is 5.77. The maximum atomic E-state index is 11.9. The number of hydrogen-bond acceptors (Lipinski definition) is 4. The SMILES string of the molecule is O=Cc1cc2c(=O)[nH]c(C3CCCC3)nc2s1. The third-order valence-electron chi connectivity index (χ3n) is 3.30. The number of carbonyl (C=O) groups excluding carboxylic acids is 1. The average Bonchev–Trinajstić information content (AvgIpc) is 2.97. The van der Waals surface area contributed by atoms with Crippen LogP contribution in [-0.2, 0) is 0 Å². The molecule has 1 saturated carbocycles. The van der Waals surface area contributed by atoms with E-state index in [1.165, 1.54) is 24.2 Å². The van der Waals surface area contributed by atoms with Crippen LogP contribution in [-0.4, -0.2) is 16.3 Å². The number of aromatic amines is 1. The van der Waals surface area contributed by atoms with E-state index in [4.69, 9.17) is 0 Å². The molecule has 0 radical (unpaired) electrons. The summed E-state index contributed by atoms with van der Waals surface area (Å²) in [5.41, 5.74) is -0.124. The number of nitrogens with one attached hydrogen (secondary N) is 1. The largest absolute Gasteiger partial charge is 0.310 e. The van der Waals surface area contributed by atoms with Gasteiger partial charge in [0.2, 0.25) is 0 Å². The molecule has 1 aliphatic rings. The van der Waals surface area contributed by atoms with Crippen LogP contribution in [0.3, 0.4) is 0 Å². The van der Waals surface area contributed by atoms with Crippen molar-refractivity contribution in [2.45, 2.75) is 31.6 Å². The summed E-state index contributed by atoms with van der Waals surface area (Å²) in [4.78, 5) is 31.2. The highest BCUT2D eigenvalue weighted by Crippen LogP contribution is 2.32. The number of rotatable bonds is 2. The van der Waals surface area contributed by atoms with Crippen LogP contribution >= 0.6 is 11.3 Å². The Hall–Kier alpha value is -1.49. The van der Waals surface area contributed by atoms with Crippen LogP contribution in [0.15, 0.2) is 10.9 Å². The standard InChI is InChI=1S/C12H12N2O2S/c15-6-8-5-9-11(16)13-10(14-12(9)17-8)7-3-1-2-4-7/h5-7H,1-4H2,(H,13,14,16). The Balaban J connectivity index is 2.15. The molecular formula is C12H12N2O2S. The number of hydrogen-bond donors (Lipinski definition) is 1. The van der Waals surface area contributed by atoms with Gasteiger partial charge >= 0.3 is 0 Å². The zero-order valence-corrected chi connectivity index (χ0v) is 10.0. The van der Waals surface area contributed by atoms with Crippen LogP contribution in [0.1, 0.15) is 47.1 Å². The molecule has 5 heteroatoms. The molecule has 2 aromatic rings. The van der Waals surface area contributed by atoms with Crippen molar-refractivity contribution in [3.63, 3.8) is 0 Å². The zero-order chi connectivity index (χ0) is 11.8. The molecule has 88 valence electrons. The summed E-state index contributed by atoms with van der Waals surface area (Å²) in [7, 11) is 0. The van der Waals surface area contributed by atoms with Crippen molar-refractivity contribution in [2.24, 2.45) is 0 Å². The maximum absolute atomic E-state index is 11.9. The van der Waals surface area contributed by atoms with Gasteiger partial charge in [0.15, 0.2) is 6.29 Å². The van der Waals surface area contributed by atoms with Crippen molar-refractivity contribution in [2.75, 3.05) is 0 Å². The topological polar surface area (TPSA) is 62.8 Å². The molecule has 1 aliphatic carbocycles. The summed E-state index contributed by atoms with van der Waals surface area (Å²) in [5.74, 6) is 1.17. The van der Waals surface area contributed by atoms with Crippen LogP contribution < -0.4 is 5.56 Å². The van der Waals surface area contributed by atoms with Crippen molar-refractivity contribution < 1.29 is 4.79 Å². The molecule has 0 aliphatic heterocycles. The molecule has 0 amide bonds. The summed E-state index contributed by atoms with van der Waals surface area (Å²) >= 11 is 1.29. The van der Waals surface area contributed by atoms with Gasteiger partial charge in [-0.05, 0) is 18.9 Å². The van der Waals surface area contributed by atoms with Gasteiger partial charge in [0, 0.05) is 5.92 Å². The Bertz CT molecular complexity index is 623. The first-order valence-corrected chi connectivity index (χ1v) is 6.58. The van der Waals surface area contributed by atoms with Gasteiger partial charge in [0.05, 0.1) is 10.3 Å². The van der Waals surface area contributed by atoms with Crippen LogP contribution in [0.2, 0.25) is 0 Å². The number of H-pyrrole nitrogens is 1. The number of fused-ring (bicyclic) bond motifs is 1. The van der Waals surface area contributed by atoms with Gasteiger partial charge in [-0.1, -0.05) is 12.8 Å². The van der Waals surface area contributed by atoms with Gasteiger partial charge in [-0.3, -0.25) is 9.59 Å². The maximum Gasteiger partial charge on any atom is 0.259 e. The van der Waals surface area contributed by atoms with Gasteiger partial charge in [-0.15, -0.1) is 11.3 Å². The highest BCUT2D eigenvalue weighted by atomic mass is 32.1.